The average Bonchev–Trinajstić information content (AvgIpc) is 3.01. The summed E-state index contributed by atoms with van der Waals surface area (Å²) in [5, 5.41) is 36.0. The van der Waals surface area contributed by atoms with Gasteiger partial charge in [-0.15, -0.1) is 0 Å². The van der Waals surface area contributed by atoms with Crippen LogP contribution in [-0.2, 0) is 9.59 Å². The monoisotopic (exact) mass is 629 g/mol. The van der Waals surface area contributed by atoms with Gasteiger partial charge in [-0.1, -0.05) is 155 Å². The fraction of sp³-hybridized carbons (Fsp3) is 0.947. The fourth-order valence-electron chi connectivity index (χ4n) is 5.91. The Bertz CT molecular complexity index is 582. The van der Waals surface area contributed by atoms with Crippen molar-refractivity contribution in [1.29, 1.82) is 0 Å². The number of unbranched alkanes of at least 4 members (excludes halogenated alkanes) is 20. The van der Waals surface area contributed by atoms with E-state index >= 15 is 0 Å². The highest BCUT2D eigenvalue weighted by Gasteiger charge is 2.08. The molecule has 0 radical (unpaired) electrons. The van der Waals surface area contributed by atoms with Crippen molar-refractivity contribution in [2.75, 3.05) is 13.2 Å². The normalized spacial score (nSPS) is 12.5. The van der Waals surface area contributed by atoms with Crippen LogP contribution in [0, 0.1) is 11.8 Å². The maximum absolute atomic E-state index is 10.4. The van der Waals surface area contributed by atoms with Crippen LogP contribution in [0.1, 0.15) is 206 Å². The molecule has 6 nitrogen and oxygen atoms in total. The topological polar surface area (TPSA) is 115 Å². The molecule has 264 valence electrons. The predicted octanol–water partition coefficient (Wildman–Crippen LogP) is 11.1. The summed E-state index contributed by atoms with van der Waals surface area (Å²) >= 11 is 0. The molecule has 0 aromatic rings. The minimum Gasteiger partial charge on any atom is -0.481 e. The third-order valence-electron chi connectivity index (χ3n) is 8.95. The van der Waals surface area contributed by atoms with Crippen molar-refractivity contribution in [2.45, 2.75) is 206 Å². The summed E-state index contributed by atoms with van der Waals surface area (Å²) in [4.78, 5) is 20.8. The maximum Gasteiger partial charge on any atom is 0.303 e. The molecule has 2 unspecified atom stereocenters. The predicted molar refractivity (Wildman–Crippen MR) is 186 cm³/mol. The van der Waals surface area contributed by atoms with Gasteiger partial charge >= 0.3 is 11.9 Å². The van der Waals surface area contributed by atoms with E-state index in [4.69, 9.17) is 10.2 Å². The number of rotatable bonds is 34. The summed E-state index contributed by atoms with van der Waals surface area (Å²) in [7, 11) is 0. The van der Waals surface area contributed by atoms with Gasteiger partial charge in [0.1, 0.15) is 0 Å². The van der Waals surface area contributed by atoms with Crippen molar-refractivity contribution in [3.8, 4) is 0 Å². The van der Waals surface area contributed by atoms with Crippen LogP contribution in [0.2, 0.25) is 0 Å². The molecule has 0 aliphatic heterocycles. The van der Waals surface area contributed by atoms with Crippen molar-refractivity contribution in [3.05, 3.63) is 0 Å². The Balaban J connectivity index is 0. The van der Waals surface area contributed by atoms with E-state index in [1.165, 1.54) is 128 Å². The molecule has 0 aromatic heterocycles. The molecule has 0 aliphatic carbocycles. The van der Waals surface area contributed by atoms with Gasteiger partial charge in [0.2, 0.25) is 0 Å². The van der Waals surface area contributed by atoms with Gasteiger partial charge in [-0.2, -0.15) is 0 Å². The van der Waals surface area contributed by atoms with E-state index < -0.39 is 11.9 Å². The minimum absolute atomic E-state index is 0.303. The van der Waals surface area contributed by atoms with E-state index in [2.05, 4.69) is 13.8 Å². The third-order valence-corrected chi connectivity index (χ3v) is 8.95. The lowest BCUT2D eigenvalue weighted by Gasteiger charge is -2.13. The van der Waals surface area contributed by atoms with E-state index in [-0.39, 0.29) is 0 Å². The van der Waals surface area contributed by atoms with E-state index in [0.717, 1.165) is 51.4 Å². The zero-order valence-electron chi connectivity index (χ0n) is 29.4. The molecule has 0 saturated carbocycles. The Kier molecular flexibility index (Phi) is 38.9. The number of hydrogen-bond donors (Lipinski definition) is 4. The molecule has 0 spiro atoms. The van der Waals surface area contributed by atoms with Crippen LogP contribution in [0.25, 0.3) is 0 Å². The lowest BCUT2D eigenvalue weighted by Crippen LogP contribution is -2.06. The van der Waals surface area contributed by atoms with E-state index in [0.29, 0.717) is 37.9 Å². The number of carbonyl (C=O) groups is 2. The molecule has 2 atom stereocenters. The van der Waals surface area contributed by atoms with Gasteiger partial charge in [0.05, 0.1) is 0 Å². The van der Waals surface area contributed by atoms with E-state index in [1.807, 2.05) is 0 Å². The SMILES string of the molecule is CCCCCCCCC(CO)CCCCCCCCC(=O)O.CCCCCCCCCC(CO)CCCCCCCC(=O)O. The first kappa shape index (κ1) is 45.0. The third kappa shape index (κ3) is 38.9. The zero-order chi connectivity index (χ0) is 32.9. The molecule has 44 heavy (non-hydrogen) atoms. The Hall–Kier alpha value is -1.14. The molecule has 0 heterocycles. The van der Waals surface area contributed by atoms with Gasteiger partial charge in [0.15, 0.2) is 0 Å². The Labute approximate surface area is 273 Å². The fourth-order valence-corrected chi connectivity index (χ4v) is 5.91. The van der Waals surface area contributed by atoms with Crippen LogP contribution in [0.15, 0.2) is 0 Å². The van der Waals surface area contributed by atoms with Crippen molar-refractivity contribution < 1.29 is 30.0 Å². The van der Waals surface area contributed by atoms with E-state index in [1.54, 1.807) is 0 Å². The number of aliphatic hydroxyl groups is 2. The highest BCUT2D eigenvalue weighted by atomic mass is 16.4. The molecule has 0 amide bonds. The van der Waals surface area contributed by atoms with Crippen molar-refractivity contribution in [3.63, 3.8) is 0 Å². The van der Waals surface area contributed by atoms with Crippen LogP contribution in [0.3, 0.4) is 0 Å². The van der Waals surface area contributed by atoms with E-state index in [9.17, 15) is 19.8 Å². The van der Waals surface area contributed by atoms with Gasteiger partial charge < -0.3 is 20.4 Å². The number of aliphatic carboxylic acids is 2. The largest absolute Gasteiger partial charge is 0.481 e. The lowest BCUT2D eigenvalue weighted by atomic mass is 9.95. The second kappa shape index (κ2) is 38.0. The first-order valence-electron chi connectivity index (χ1n) is 19.1. The molecule has 0 aromatic carbocycles. The van der Waals surface area contributed by atoms with Gasteiger partial charge in [0, 0.05) is 26.1 Å². The van der Waals surface area contributed by atoms with Gasteiger partial charge in [-0.3, -0.25) is 9.59 Å². The lowest BCUT2D eigenvalue weighted by molar-refractivity contribution is -0.138. The maximum atomic E-state index is 10.4. The second-order valence-electron chi connectivity index (χ2n) is 13.3. The molecule has 0 aliphatic rings. The van der Waals surface area contributed by atoms with Gasteiger partial charge in [-0.25, -0.2) is 0 Å². The number of hydrogen-bond acceptors (Lipinski definition) is 4. The van der Waals surface area contributed by atoms with Crippen LogP contribution in [0.5, 0.6) is 0 Å². The van der Waals surface area contributed by atoms with Crippen molar-refractivity contribution in [1.82, 2.24) is 0 Å². The smallest absolute Gasteiger partial charge is 0.303 e. The summed E-state index contributed by atoms with van der Waals surface area (Å²) in [6, 6.07) is 0. The standard InChI is InChI=1S/2C19H38O3/c1-2-3-4-5-8-11-14-18(17-20)15-12-9-6-7-10-13-16-19(21)22;1-2-3-4-5-6-8-11-14-18(17-20)15-12-9-7-10-13-16-19(21)22/h2*18,20H,2-17H2,1H3,(H,21,22). The van der Waals surface area contributed by atoms with Gasteiger partial charge in [-0.05, 0) is 50.4 Å². The van der Waals surface area contributed by atoms with Gasteiger partial charge in [0.25, 0.3) is 0 Å². The number of carboxylic acids is 2. The molecular formula is C38H76O6. The zero-order valence-corrected chi connectivity index (χ0v) is 29.4. The van der Waals surface area contributed by atoms with Crippen LogP contribution in [-0.4, -0.2) is 45.6 Å². The summed E-state index contributed by atoms with van der Waals surface area (Å²) in [6.07, 6.45) is 34.5. The number of aliphatic hydroxyl groups excluding tert-OH is 2. The molecule has 0 fully saturated rings. The van der Waals surface area contributed by atoms with Crippen molar-refractivity contribution in [2.24, 2.45) is 11.8 Å². The van der Waals surface area contributed by atoms with Crippen LogP contribution >= 0.6 is 0 Å². The molecule has 0 rings (SSSR count). The number of carboxylic acid groups (broad SMARTS) is 2. The Morgan fingerprint density at radius 2 is 0.614 bits per heavy atom. The summed E-state index contributed by atoms with van der Waals surface area (Å²) in [6.45, 7) is 5.16. The summed E-state index contributed by atoms with van der Waals surface area (Å²) in [5.41, 5.74) is 0. The van der Waals surface area contributed by atoms with Crippen LogP contribution in [0.4, 0.5) is 0 Å². The Morgan fingerprint density at radius 3 is 0.841 bits per heavy atom. The van der Waals surface area contributed by atoms with Crippen LogP contribution < -0.4 is 0 Å². The second-order valence-corrected chi connectivity index (χ2v) is 13.3. The Morgan fingerprint density at radius 1 is 0.386 bits per heavy atom. The molecule has 6 heteroatoms. The first-order valence-corrected chi connectivity index (χ1v) is 19.1. The average molecular weight is 629 g/mol. The highest BCUT2D eigenvalue weighted by molar-refractivity contribution is 5.66. The first-order chi connectivity index (χ1) is 21.4. The minimum atomic E-state index is -0.685. The highest BCUT2D eigenvalue weighted by Crippen LogP contribution is 2.20. The summed E-state index contributed by atoms with van der Waals surface area (Å²) < 4.78 is 0. The molecule has 0 bridgehead atoms. The molecule has 0 saturated heterocycles. The molecular weight excluding hydrogens is 552 g/mol. The quantitative estimate of drug-likeness (QED) is 0.0527. The summed E-state index contributed by atoms with van der Waals surface area (Å²) in [5.74, 6) is -0.386. The molecule has 4 N–H and O–H groups in total. The van der Waals surface area contributed by atoms with Crippen molar-refractivity contribution >= 4 is 11.9 Å².